The van der Waals surface area contributed by atoms with Crippen LogP contribution in [0.5, 0.6) is 0 Å². The summed E-state index contributed by atoms with van der Waals surface area (Å²) in [4.78, 5) is 2.65. The standard InChI is InChI=1S/C17H32N2O2/c1-15(19-8-3-2-4-9-19)14-18-16-5-10-21-17(13-16)6-11-20-12-7-17/h15-16,18H,2-14H2,1H3. The molecule has 122 valence electrons. The van der Waals surface area contributed by atoms with Gasteiger partial charge in [-0.05, 0) is 58.5 Å². The molecular weight excluding hydrogens is 264 g/mol. The van der Waals surface area contributed by atoms with Crippen LogP contribution in [-0.4, -0.2) is 62.0 Å². The van der Waals surface area contributed by atoms with Gasteiger partial charge in [-0.3, -0.25) is 4.90 Å². The zero-order chi connectivity index (χ0) is 14.5. The molecule has 3 saturated heterocycles. The summed E-state index contributed by atoms with van der Waals surface area (Å²) >= 11 is 0. The van der Waals surface area contributed by atoms with Gasteiger partial charge in [-0.25, -0.2) is 0 Å². The van der Waals surface area contributed by atoms with Crippen LogP contribution in [0.15, 0.2) is 0 Å². The highest BCUT2D eigenvalue weighted by atomic mass is 16.5. The lowest BCUT2D eigenvalue weighted by Gasteiger charge is -2.44. The van der Waals surface area contributed by atoms with Crippen molar-refractivity contribution in [2.45, 2.75) is 69.6 Å². The Morgan fingerprint density at radius 2 is 1.90 bits per heavy atom. The largest absolute Gasteiger partial charge is 0.381 e. The Bertz CT molecular complexity index is 306. The van der Waals surface area contributed by atoms with Gasteiger partial charge in [-0.15, -0.1) is 0 Å². The lowest BCUT2D eigenvalue weighted by molar-refractivity contribution is -0.140. The molecule has 3 rings (SSSR count). The molecule has 0 aliphatic carbocycles. The van der Waals surface area contributed by atoms with E-state index in [4.69, 9.17) is 9.47 Å². The lowest BCUT2D eigenvalue weighted by atomic mass is 9.84. The van der Waals surface area contributed by atoms with E-state index in [1.807, 2.05) is 0 Å². The number of ether oxygens (including phenoxy) is 2. The van der Waals surface area contributed by atoms with Crippen LogP contribution >= 0.6 is 0 Å². The third-order valence-corrected chi connectivity index (χ3v) is 5.61. The molecule has 3 aliphatic heterocycles. The summed E-state index contributed by atoms with van der Waals surface area (Å²) in [7, 11) is 0. The Balaban J connectivity index is 1.44. The molecule has 4 nitrogen and oxygen atoms in total. The van der Waals surface area contributed by atoms with Gasteiger partial charge < -0.3 is 14.8 Å². The fourth-order valence-corrected chi connectivity index (χ4v) is 4.12. The Morgan fingerprint density at radius 1 is 1.14 bits per heavy atom. The van der Waals surface area contributed by atoms with Crippen molar-refractivity contribution in [3.8, 4) is 0 Å². The van der Waals surface area contributed by atoms with E-state index in [0.29, 0.717) is 12.1 Å². The smallest absolute Gasteiger partial charge is 0.0741 e. The minimum absolute atomic E-state index is 0.114. The fraction of sp³-hybridized carbons (Fsp3) is 1.00. The second-order valence-corrected chi connectivity index (χ2v) is 7.19. The normalized spacial score (nSPS) is 32.1. The van der Waals surface area contributed by atoms with Crippen molar-refractivity contribution < 1.29 is 9.47 Å². The van der Waals surface area contributed by atoms with Gasteiger partial charge in [0.25, 0.3) is 0 Å². The molecule has 3 aliphatic rings. The third kappa shape index (κ3) is 4.19. The zero-order valence-corrected chi connectivity index (χ0v) is 13.6. The number of nitrogens with one attached hydrogen (secondary N) is 1. The van der Waals surface area contributed by atoms with Crippen LogP contribution in [0.25, 0.3) is 0 Å². The first kappa shape index (κ1) is 15.7. The van der Waals surface area contributed by atoms with E-state index in [1.165, 1.54) is 38.8 Å². The van der Waals surface area contributed by atoms with E-state index in [2.05, 4.69) is 17.1 Å². The van der Waals surface area contributed by atoms with Crippen LogP contribution in [0.4, 0.5) is 0 Å². The summed E-state index contributed by atoms with van der Waals surface area (Å²) in [6.45, 7) is 8.73. The second-order valence-electron chi connectivity index (χ2n) is 7.19. The number of piperidine rings is 1. The predicted molar refractivity (Wildman–Crippen MR) is 84.6 cm³/mol. The van der Waals surface area contributed by atoms with Crippen LogP contribution in [0, 0.1) is 0 Å². The van der Waals surface area contributed by atoms with Gasteiger partial charge in [0.05, 0.1) is 5.60 Å². The van der Waals surface area contributed by atoms with Gasteiger partial charge in [0.2, 0.25) is 0 Å². The Labute approximate surface area is 129 Å². The van der Waals surface area contributed by atoms with Crippen molar-refractivity contribution in [2.75, 3.05) is 39.5 Å². The molecule has 0 radical (unpaired) electrons. The summed E-state index contributed by atoms with van der Waals surface area (Å²) in [5.41, 5.74) is 0.114. The van der Waals surface area contributed by atoms with Crippen LogP contribution in [-0.2, 0) is 9.47 Å². The number of hydrogen-bond acceptors (Lipinski definition) is 4. The Morgan fingerprint density at radius 3 is 2.67 bits per heavy atom. The SMILES string of the molecule is CC(CNC1CCOC2(CCOCC2)C1)N1CCCCC1. The number of hydrogen-bond donors (Lipinski definition) is 1. The monoisotopic (exact) mass is 296 g/mol. The summed E-state index contributed by atoms with van der Waals surface area (Å²) < 4.78 is 11.6. The van der Waals surface area contributed by atoms with Crippen molar-refractivity contribution in [3.63, 3.8) is 0 Å². The minimum atomic E-state index is 0.114. The number of rotatable bonds is 4. The molecule has 0 aromatic carbocycles. The van der Waals surface area contributed by atoms with Crippen molar-refractivity contribution in [3.05, 3.63) is 0 Å². The summed E-state index contributed by atoms with van der Waals surface area (Å²) in [5.74, 6) is 0. The summed E-state index contributed by atoms with van der Waals surface area (Å²) in [5, 5.41) is 3.83. The molecular formula is C17H32N2O2. The van der Waals surface area contributed by atoms with Gasteiger partial charge in [0, 0.05) is 38.4 Å². The summed E-state index contributed by atoms with van der Waals surface area (Å²) in [6.07, 6.45) is 8.66. The highest BCUT2D eigenvalue weighted by molar-refractivity contribution is 4.92. The quantitative estimate of drug-likeness (QED) is 0.862. The van der Waals surface area contributed by atoms with Crippen LogP contribution in [0.2, 0.25) is 0 Å². The average Bonchev–Trinajstić information content (AvgIpc) is 2.54. The molecule has 1 spiro atoms. The minimum Gasteiger partial charge on any atom is -0.381 e. The topological polar surface area (TPSA) is 33.7 Å². The molecule has 4 heteroatoms. The van der Waals surface area contributed by atoms with Gasteiger partial charge in [0.1, 0.15) is 0 Å². The molecule has 2 atom stereocenters. The summed E-state index contributed by atoms with van der Waals surface area (Å²) in [6, 6.07) is 1.29. The molecule has 1 N–H and O–H groups in total. The van der Waals surface area contributed by atoms with E-state index in [-0.39, 0.29) is 5.60 Å². The molecule has 3 fully saturated rings. The van der Waals surface area contributed by atoms with Crippen LogP contribution < -0.4 is 5.32 Å². The van der Waals surface area contributed by atoms with Crippen molar-refractivity contribution in [2.24, 2.45) is 0 Å². The highest BCUT2D eigenvalue weighted by Gasteiger charge is 2.38. The van der Waals surface area contributed by atoms with Gasteiger partial charge in [0.15, 0.2) is 0 Å². The predicted octanol–water partition coefficient (Wildman–Crippen LogP) is 2.18. The first-order chi connectivity index (χ1) is 10.3. The van der Waals surface area contributed by atoms with Crippen molar-refractivity contribution >= 4 is 0 Å². The average molecular weight is 296 g/mol. The maximum atomic E-state index is 6.13. The second kappa shape index (κ2) is 7.40. The maximum absolute atomic E-state index is 6.13. The molecule has 0 amide bonds. The van der Waals surface area contributed by atoms with Crippen molar-refractivity contribution in [1.82, 2.24) is 10.2 Å². The molecule has 0 aromatic rings. The highest BCUT2D eigenvalue weighted by Crippen LogP contribution is 2.34. The number of likely N-dealkylation sites (tertiary alicyclic amines) is 1. The van der Waals surface area contributed by atoms with Crippen LogP contribution in [0.3, 0.4) is 0 Å². The number of nitrogens with zero attached hydrogens (tertiary/aromatic N) is 1. The third-order valence-electron chi connectivity index (χ3n) is 5.61. The van der Waals surface area contributed by atoms with E-state index < -0.39 is 0 Å². The first-order valence-electron chi connectivity index (χ1n) is 8.97. The maximum Gasteiger partial charge on any atom is 0.0741 e. The van der Waals surface area contributed by atoms with E-state index in [0.717, 1.165) is 45.6 Å². The zero-order valence-electron chi connectivity index (χ0n) is 13.6. The van der Waals surface area contributed by atoms with Gasteiger partial charge in [-0.2, -0.15) is 0 Å². The molecule has 21 heavy (non-hydrogen) atoms. The van der Waals surface area contributed by atoms with E-state index in [9.17, 15) is 0 Å². The Hall–Kier alpha value is -0.160. The van der Waals surface area contributed by atoms with E-state index >= 15 is 0 Å². The van der Waals surface area contributed by atoms with Gasteiger partial charge in [-0.1, -0.05) is 6.42 Å². The van der Waals surface area contributed by atoms with Crippen molar-refractivity contribution in [1.29, 1.82) is 0 Å². The molecule has 0 saturated carbocycles. The molecule has 0 aromatic heterocycles. The van der Waals surface area contributed by atoms with Crippen LogP contribution in [0.1, 0.15) is 51.9 Å². The molecule has 0 bridgehead atoms. The lowest BCUT2D eigenvalue weighted by Crippen LogP contribution is -2.52. The molecule has 2 unspecified atom stereocenters. The van der Waals surface area contributed by atoms with Gasteiger partial charge >= 0.3 is 0 Å². The fourth-order valence-electron chi connectivity index (χ4n) is 4.12. The Kier molecular flexibility index (Phi) is 5.54. The molecule has 3 heterocycles. The van der Waals surface area contributed by atoms with E-state index in [1.54, 1.807) is 0 Å². The first-order valence-corrected chi connectivity index (χ1v) is 8.97.